The monoisotopic (exact) mass is 289 g/mol. The summed E-state index contributed by atoms with van der Waals surface area (Å²) >= 11 is 0. The molecule has 3 nitrogen and oxygen atoms in total. The van der Waals surface area contributed by atoms with E-state index in [4.69, 9.17) is 0 Å². The number of hydrogen-bond donors (Lipinski definition) is 1. The van der Waals surface area contributed by atoms with Gasteiger partial charge in [-0.2, -0.15) is 0 Å². The number of carbonyl (C=O) groups is 1. The minimum atomic E-state index is -0.751. The van der Waals surface area contributed by atoms with Crippen LogP contribution in [0.15, 0.2) is 24.3 Å². The van der Waals surface area contributed by atoms with Crippen molar-refractivity contribution in [3.63, 3.8) is 0 Å². The maximum absolute atomic E-state index is 11.3. The second-order valence-electron chi connectivity index (χ2n) is 7.11. The Kier molecular flexibility index (Phi) is 4.92. The van der Waals surface area contributed by atoms with E-state index in [9.17, 15) is 9.90 Å². The average Bonchev–Trinajstić information content (AvgIpc) is 2.58. The normalized spacial score (nSPS) is 21.6. The average molecular weight is 289 g/mol. The number of carboxylic acid groups (broad SMARTS) is 1. The van der Waals surface area contributed by atoms with Gasteiger partial charge in [0, 0.05) is 11.7 Å². The van der Waals surface area contributed by atoms with Gasteiger partial charge >= 0.3 is 5.97 Å². The minimum Gasteiger partial charge on any atom is -0.480 e. The van der Waals surface area contributed by atoms with Crippen LogP contribution in [0.1, 0.15) is 51.5 Å². The van der Waals surface area contributed by atoms with Crippen molar-refractivity contribution in [1.82, 2.24) is 0 Å². The van der Waals surface area contributed by atoms with Crippen LogP contribution in [0.4, 0.5) is 5.69 Å². The van der Waals surface area contributed by atoms with Crippen molar-refractivity contribution in [2.75, 3.05) is 11.4 Å². The number of nitrogens with zero attached hydrogens (tertiary/aromatic N) is 1. The first-order valence-electron chi connectivity index (χ1n) is 7.92. The molecule has 0 saturated heterocycles. The van der Waals surface area contributed by atoms with E-state index in [1.54, 1.807) is 0 Å². The molecular formula is C18H27NO2. The van der Waals surface area contributed by atoms with Crippen molar-refractivity contribution in [3.05, 3.63) is 29.8 Å². The Morgan fingerprint density at radius 3 is 2.52 bits per heavy atom. The Hall–Kier alpha value is -1.51. The lowest BCUT2D eigenvalue weighted by atomic mass is 9.85. The Balaban J connectivity index is 2.19. The zero-order valence-corrected chi connectivity index (χ0v) is 13.4. The van der Waals surface area contributed by atoms with Crippen LogP contribution >= 0.6 is 0 Å². The van der Waals surface area contributed by atoms with Gasteiger partial charge in [-0.15, -0.1) is 0 Å². The van der Waals surface area contributed by atoms with Gasteiger partial charge in [-0.05, 0) is 50.2 Å². The standard InChI is InChI=1S/C18H27NO2/c1-14-6-8-16(9-7-14)19(13-17(20)21)15-5-4-11-18(2,3)12-10-15/h6-9,15H,4-5,10-13H2,1-3H3,(H,20,21). The second kappa shape index (κ2) is 6.50. The molecule has 116 valence electrons. The van der Waals surface area contributed by atoms with E-state index in [0.29, 0.717) is 11.5 Å². The van der Waals surface area contributed by atoms with Crippen molar-refractivity contribution >= 4 is 11.7 Å². The maximum Gasteiger partial charge on any atom is 0.323 e. The molecule has 2 rings (SSSR count). The van der Waals surface area contributed by atoms with Gasteiger partial charge in [0.05, 0.1) is 0 Å². The van der Waals surface area contributed by atoms with E-state index in [-0.39, 0.29) is 6.54 Å². The van der Waals surface area contributed by atoms with Crippen LogP contribution < -0.4 is 4.90 Å². The summed E-state index contributed by atoms with van der Waals surface area (Å²) in [5.74, 6) is -0.751. The molecule has 1 aromatic rings. The van der Waals surface area contributed by atoms with Crippen LogP contribution in [-0.4, -0.2) is 23.7 Å². The van der Waals surface area contributed by atoms with Crippen LogP contribution in [0, 0.1) is 12.3 Å². The van der Waals surface area contributed by atoms with Gasteiger partial charge in [-0.1, -0.05) is 38.0 Å². The summed E-state index contributed by atoms with van der Waals surface area (Å²) in [5, 5.41) is 9.26. The molecular weight excluding hydrogens is 262 g/mol. The Labute approximate surface area is 128 Å². The summed E-state index contributed by atoms with van der Waals surface area (Å²) in [6.07, 6.45) is 5.75. The summed E-state index contributed by atoms with van der Waals surface area (Å²) in [4.78, 5) is 13.4. The second-order valence-corrected chi connectivity index (χ2v) is 7.11. The molecule has 0 aromatic heterocycles. The Morgan fingerprint density at radius 1 is 1.24 bits per heavy atom. The molecule has 0 bridgehead atoms. The summed E-state index contributed by atoms with van der Waals surface area (Å²) < 4.78 is 0. The van der Waals surface area contributed by atoms with Crippen LogP contribution in [0.5, 0.6) is 0 Å². The van der Waals surface area contributed by atoms with Gasteiger partial charge in [0.25, 0.3) is 0 Å². The number of aryl methyl sites for hydroxylation is 1. The lowest BCUT2D eigenvalue weighted by molar-refractivity contribution is -0.135. The van der Waals surface area contributed by atoms with Crippen LogP contribution in [0.2, 0.25) is 0 Å². The van der Waals surface area contributed by atoms with Crippen LogP contribution in [-0.2, 0) is 4.79 Å². The van der Waals surface area contributed by atoms with Crippen LogP contribution in [0.3, 0.4) is 0 Å². The molecule has 1 aliphatic carbocycles. The highest BCUT2D eigenvalue weighted by Gasteiger charge is 2.28. The van der Waals surface area contributed by atoms with E-state index >= 15 is 0 Å². The van der Waals surface area contributed by atoms with Crippen molar-refractivity contribution < 1.29 is 9.90 Å². The molecule has 0 amide bonds. The van der Waals surface area contributed by atoms with Crippen LogP contribution in [0.25, 0.3) is 0 Å². The molecule has 1 atom stereocenters. The molecule has 1 saturated carbocycles. The Morgan fingerprint density at radius 2 is 1.90 bits per heavy atom. The number of hydrogen-bond acceptors (Lipinski definition) is 2. The fourth-order valence-electron chi connectivity index (χ4n) is 3.27. The third-order valence-electron chi connectivity index (χ3n) is 4.66. The molecule has 3 heteroatoms. The highest BCUT2D eigenvalue weighted by molar-refractivity contribution is 5.74. The van der Waals surface area contributed by atoms with E-state index in [0.717, 1.165) is 18.5 Å². The quantitative estimate of drug-likeness (QED) is 0.843. The number of benzene rings is 1. The number of carboxylic acids is 1. The van der Waals surface area contributed by atoms with Crippen molar-refractivity contribution in [2.24, 2.45) is 5.41 Å². The van der Waals surface area contributed by atoms with Crippen molar-refractivity contribution in [2.45, 2.75) is 58.9 Å². The molecule has 21 heavy (non-hydrogen) atoms. The van der Waals surface area contributed by atoms with Gasteiger partial charge < -0.3 is 10.0 Å². The van der Waals surface area contributed by atoms with E-state index in [1.165, 1.54) is 24.8 Å². The molecule has 0 heterocycles. The van der Waals surface area contributed by atoms with E-state index in [1.807, 2.05) is 12.1 Å². The number of anilines is 1. The molecule has 1 unspecified atom stereocenters. The lowest BCUT2D eigenvalue weighted by Gasteiger charge is -2.32. The third kappa shape index (κ3) is 4.48. The first kappa shape index (κ1) is 15.9. The molecule has 0 spiro atoms. The zero-order chi connectivity index (χ0) is 15.5. The largest absolute Gasteiger partial charge is 0.480 e. The molecule has 0 aliphatic heterocycles. The minimum absolute atomic E-state index is 0.0914. The molecule has 1 aliphatic rings. The van der Waals surface area contributed by atoms with Gasteiger partial charge in [-0.25, -0.2) is 0 Å². The molecule has 1 fully saturated rings. The SMILES string of the molecule is Cc1ccc(N(CC(=O)O)C2CCCC(C)(C)CC2)cc1. The fourth-order valence-corrected chi connectivity index (χ4v) is 3.27. The molecule has 1 N–H and O–H groups in total. The van der Waals surface area contributed by atoms with Gasteiger partial charge in [0.1, 0.15) is 6.54 Å². The smallest absolute Gasteiger partial charge is 0.323 e. The summed E-state index contributed by atoms with van der Waals surface area (Å²) in [6, 6.07) is 8.56. The highest BCUT2D eigenvalue weighted by Crippen LogP contribution is 2.36. The summed E-state index contributed by atoms with van der Waals surface area (Å²) in [7, 11) is 0. The maximum atomic E-state index is 11.3. The van der Waals surface area contributed by atoms with Crippen molar-refractivity contribution in [3.8, 4) is 0 Å². The summed E-state index contributed by atoms with van der Waals surface area (Å²) in [6.45, 7) is 6.79. The first-order valence-corrected chi connectivity index (χ1v) is 7.92. The number of rotatable bonds is 4. The number of aliphatic carboxylic acids is 1. The van der Waals surface area contributed by atoms with E-state index in [2.05, 4.69) is 37.8 Å². The topological polar surface area (TPSA) is 40.5 Å². The Bertz CT molecular complexity index is 478. The van der Waals surface area contributed by atoms with Crippen molar-refractivity contribution in [1.29, 1.82) is 0 Å². The lowest BCUT2D eigenvalue weighted by Crippen LogP contribution is -2.39. The van der Waals surface area contributed by atoms with E-state index < -0.39 is 5.97 Å². The first-order chi connectivity index (χ1) is 9.87. The van der Waals surface area contributed by atoms with Gasteiger partial charge in [0.2, 0.25) is 0 Å². The van der Waals surface area contributed by atoms with Gasteiger partial charge in [-0.3, -0.25) is 4.79 Å². The highest BCUT2D eigenvalue weighted by atomic mass is 16.4. The van der Waals surface area contributed by atoms with Gasteiger partial charge in [0.15, 0.2) is 0 Å². The summed E-state index contributed by atoms with van der Waals surface area (Å²) in [5.41, 5.74) is 2.63. The molecule has 1 aromatic carbocycles. The predicted octanol–water partition coefficient (Wildman–Crippen LogP) is 4.24. The molecule has 0 radical (unpaired) electrons. The zero-order valence-electron chi connectivity index (χ0n) is 13.4. The fraction of sp³-hybridized carbons (Fsp3) is 0.611. The third-order valence-corrected chi connectivity index (χ3v) is 4.66. The predicted molar refractivity (Wildman–Crippen MR) is 86.8 cm³/mol.